The van der Waals surface area contributed by atoms with Crippen LogP contribution in [0.2, 0.25) is 0 Å². The van der Waals surface area contributed by atoms with E-state index in [4.69, 9.17) is 17.5 Å². The van der Waals surface area contributed by atoms with Crippen LogP contribution in [0.5, 0.6) is 0 Å². The molecule has 0 aliphatic carbocycles. The van der Waals surface area contributed by atoms with E-state index in [0.717, 1.165) is 0 Å². The average molecular weight is 507 g/mol. The molecular weight excluding hydrogens is 446 g/mol. The first-order chi connectivity index (χ1) is 16.2. The Balaban J connectivity index is 0. The Labute approximate surface area is 214 Å². The smallest absolute Gasteiger partial charge is 0.0784 e. The zero-order chi connectivity index (χ0) is 26.0. The fourth-order valence-corrected chi connectivity index (χ4v) is 4.69. The van der Waals surface area contributed by atoms with Gasteiger partial charge in [-0.25, -0.2) is 0 Å². The van der Waals surface area contributed by atoms with Crippen molar-refractivity contribution in [1.29, 1.82) is 0 Å². The van der Waals surface area contributed by atoms with Gasteiger partial charge in [0.1, 0.15) is 0 Å². The molecule has 0 bridgehead atoms. The summed E-state index contributed by atoms with van der Waals surface area (Å²) in [4.78, 5) is 0. The quantitative estimate of drug-likeness (QED) is 0.0570. The molecule has 0 radical (unpaired) electrons. The normalized spacial score (nSPS) is 11.9. The van der Waals surface area contributed by atoms with Gasteiger partial charge in [0.05, 0.1) is 26.7 Å². The number of hydrogen-bond donors (Lipinski definition) is 0. The van der Waals surface area contributed by atoms with Crippen molar-refractivity contribution in [3.05, 3.63) is 0 Å². The van der Waals surface area contributed by atoms with Gasteiger partial charge >= 0.3 is 0 Å². The molecule has 0 heterocycles. The third kappa shape index (κ3) is 34.0. The second-order valence-corrected chi connectivity index (χ2v) is 11.4. The number of unbranched alkanes of at least 4 members (excludes halogenated alkanes) is 18. The third-order valence-electron chi connectivity index (χ3n) is 6.90. The third-order valence-corrected chi connectivity index (χ3v) is 6.90. The Morgan fingerprint density at radius 3 is 0.824 bits per heavy atom. The SMILES string of the molecule is CCCCCCCCC[N+](C)(CCCCCCCCC)CCCCCCCCC.O=S(=O)([O-])[O-]. The van der Waals surface area contributed by atoms with Crippen LogP contribution >= 0.6 is 0 Å². The zero-order valence-corrected chi connectivity index (χ0v) is 24.3. The summed E-state index contributed by atoms with van der Waals surface area (Å²) in [6.07, 6.45) is 30.3. The van der Waals surface area contributed by atoms with E-state index in [2.05, 4.69) is 27.8 Å². The zero-order valence-electron chi connectivity index (χ0n) is 23.5. The predicted octanol–water partition coefficient (Wildman–Crippen LogP) is 8.35. The summed E-state index contributed by atoms with van der Waals surface area (Å²) in [5.74, 6) is 0. The van der Waals surface area contributed by atoms with Crippen molar-refractivity contribution in [2.45, 2.75) is 156 Å². The van der Waals surface area contributed by atoms with Gasteiger partial charge in [0.25, 0.3) is 0 Å². The molecule has 0 aromatic heterocycles. The molecule has 0 fully saturated rings. The Bertz CT molecular complexity index is 443. The maximum atomic E-state index is 8.52. The van der Waals surface area contributed by atoms with Gasteiger partial charge in [-0.15, -0.1) is 0 Å². The van der Waals surface area contributed by atoms with Crippen molar-refractivity contribution >= 4 is 10.4 Å². The van der Waals surface area contributed by atoms with Crippen molar-refractivity contribution in [3.63, 3.8) is 0 Å². The topological polar surface area (TPSA) is 80.3 Å². The molecule has 0 N–H and O–H groups in total. The lowest BCUT2D eigenvalue weighted by atomic mass is 10.1. The molecule has 6 heteroatoms. The standard InChI is InChI=1S/C28H60N.H2O4S/c1-5-8-11-14-17-20-23-26-29(4,27-24-21-18-15-12-9-6-2)28-25-22-19-16-13-10-7-3;1-5(2,3)4/h5-28H2,1-4H3;(H2,1,2,3,4)/q+1;/p-2. The number of nitrogens with zero attached hydrogens (tertiary/aromatic N) is 1. The van der Waals surface area contributed by atoms with Gasteiger partial charge in [0.15, 0.2) is 0 Å². The van der Waals surface area contributed by atoms with E-state index in [1.807, 2.05) is 0 Å². The molecule has 0 amide bonds. The average Bonchev–Trinajstić information content (AvgIpc) is 2.76. The van der Waals surface area contributed by atoms with Crippen LogP contribution in [0.4, 0.5) is 0 Å². The molecule has 0 saturated carbocycles. The van der Waals surface area contributed by atoms with Crippen molar-refractivity contribution in [3.8, 4) is 0 Å². The maximum absolute atomic E-state index is 8.52. The van der Waals surface area contributed by atoms with Gasteiger partial charge in [0, 0.05) is 10.4 Å². The fourth-order valence-electron chi connectivity index (χ4n) is 4.69. The number of hydrogen-bond acceptors (Lipinski definition) is 4. The second-order valence-electron chi connectivity index (χ2n) is 10.6. The van der Waals surface area contributed by atoms with Crippen LogP contribution in [-0.2, 0) is 10.4 Å². The van der Waals surface area contributed by atoms with Crippen LogP contribution in [0.15, 0.2) is 0 Å². The Hall–Kier alpha value is -0.170. The maximum Gasteiger partial charge on any atom is 0.0784 e. The van der Waals surface area contributed by atoms with Crippen LogP contribution in [0.25, 0.3) is 0 Å². The largest absolute Gasteiger partial charge is 0.759 e. The van der Waals surface area contributed by atoms with E-state index >= 15 is 0 Å². The van der Waals surface area contributed by atoms with Crippen molar-refractivity contribution in [2.75, 3.05) is 26.7 Å². The number of rotatable bonds is 24. The van der Waals surface area contributed by atoms with E-state index in [1.165, 1.54) is 159 Å². The highest BCUT2D eigenvalue weighted by molar-refractivity contribution is 7.79. The minimum Gasteiger partial charge on any atom is -0.759 e. The van der Waals surface area contributed by atoms with Crippen LogP contribution in [0.1, 0.15) is 156 Å². The highest BCUT2D eigenvalue weighted by Crippen LogP contribution is 2.16. The van der Waals surface area contributed by atoms with Gasteiger partial charge in [0.2, 0.25) is 0 Å². The summed E-state index contributed by atoms with van der Waals surface area (Å²) in [6, 6.07) is 0. The van der Waals surface area contributed by atoms with E-state index in [-0.39, 0.29) is 0 Å². The molecule has 0 rings (SSSR count). The van der Waals surface area contributed by atoms with E-state index in [0.29, 0.717) is 0 Å². The van der Waals surface area contributed by atoms with Gasteiger partial charge in [-0.05, 0) is 38.5 Å². The highest BCUT2D eigenvalue weighted by Gasteiger charge is 2.20. The molecule has 0 aliphatic heterocycles. The van der Waals surface area contributed by atoms with Gasteiger partial charge in [-0.1, -0.05) is 117 Å². The van der Waals surface area contributed by atoms with Crippen molar-refractivity contribution in [1.82, 2.24) is 0 Å². The number of quaternary nitrogens is 1. The Kier molecular flexibility index (Phi) is 27.4. The summed E-state index contributed by atoms with van der Waals surface area (Å²) in [7, 11) is -2.59. The van der Waals surface area contributed by atoms with Gasteiger partial charge in [-0.2, -0.15) is 0 Å². The van der Waals surface area contributed by atoms with E-state index in [9.17, 15) is 0 Å². The summed E-state index contributed by atoms with van der Waals surface area (Å²) in [5.41, 5.74) is 0. The minimum absolute atomic E-state index is 1.36. The molecule has 0 saturated heterocycles. The monoisotopic (exact) mass is 506 g/mol. The molecule has 0 unspecified atom stereocenters. The Morgan fingerprint density at radius 1 is 0.441 bits per heavy atom. The second kappa shape index (κ2) is 25.9. The predicted molar refractivity (Wildman–Crippen MR) is 145 cm³/mol. The fraction of sp³-hybridized carbons (Fsp3) is 1.00. The molecule has 5 nitrogen and oxygen atoms in total. The van der Waals surface area contributed by atoms with Crippen LogP contribution in [0, 0.1) is 0 Å². The van der Waals surface area contributed by atoms with Crippen LogP contribution in [-0.4, -0.2) is 48.7 Å². The molecular formula is C28H60NO4S-. The molecule has 0 aromatic carbocycles. The van der Waals surface area contributed by atoms with Gasteiger partial charge < -0.3 is 13.6 Å². The summed E-state index contributed by atoms with van der Waals surface area (Å²) in [6.45, 7) is 11.2. The van der Waals surface area contributed by atoms with E-state index in [1.54, 1.807) is 0 Å². The lowest BCUT2D eigenvalue weighted by Gasteiger charge is -2.35. The summed E-state index contributed by atoms with van der Waals surface area (Å²) in [5, 5.41) is 0. The molecule has 0 aliphatic rings. The lowest BCUT2D eigenvalue weighted by molar-refractivity contribution is -0.910. The molecule has 208 valence electrons. The minimum atomic E-state index is -5.17. The van der Waals surface area contributed by atoms with Crippen LogP contribution in [0.3, 0.4) is 0 Å². The Morgan fingerprint density at radius 2 is 0.618 bits per heavy atom. The summed E-state index contributed by atoms with van der Waals surface area (Å²) >= 11 is 0. The van der Waals surface area contributed by atoms with Gasteiger partial charge in [-0.3, -0.25) is 8.42 Å². The molecule has 34 heavy (non-hydrogen) atoms. The molecule has 0 aromatic rings. The first-order valence-electron chi connectivity index (χ1n) is 14.7. The van der Waals surface area contributed by atoms with Crippen LogP contribution < -0.4 is 0 Å². The first-order valence-corrected chi connectivity index (χ1v) is 16.0. The summed E-state index contributed by atoms with van der Waals surface area (Å²) < 4.78 is 35.4. The van der Waals surface area contributed by atoms with E-state index < -0.39 is 10.4 Å². The lowest BCUT2D eigenvalue weighted by Crippen LogP contribution is -2.46. The first kappa shape index (κ1) is 36.0. The van der Waals surface area contributed by atoms with Crippen molar-refractivity contribution in [2.24, 2.45) is 0 Å². The van der Waals surface area contributed by atoms with Crippen molar-refractivity contribution < 1.29 is 22.0 Å². The highest BCUT2D eigenvalue weighted by atomic mass is 32.3. The molecule has 0 spiro atoms. The molecule has 0 atom stereocenters.